The molecule has 3 aliphatic carbocycles. The second-order valence-corrected chi connectivity index (χ2v) is 6.04. The van der Waals surface area contributed by atoms with E-state index in [9.17, 15) is 4.79 Å². The molecule has 0 spiro atoms. The predicted octanol–water partition coefficient (Wildman–Crippen LogP) is 3.99. The number of fused-ring (bicyclic) bond motifs is 2. The van der Waals surface area contributed by atoms with Crippen molar-refractivity contribution >= 4 is 5.78 Å². The molecule has 0 saturated heterocycles. The van der Waals surface area contributed by atoms with Crippen LogP contribution in [0, 0.1) is 5.41 Å². The molecule has 0 N–H and O–H groups in total. The summed E-state index contributed by atoms with van der Waals surface area (Å²) < 4.78 is 0. The van der Waals surface area contributed by atoms with Crippen LogP contribution < -0.4 is 0 Å². The zero-order valence-corrected chi connectivity index (χ0v) is 11.4. The molecule has 0 atom stereocenters. The van der Waals surface area contributed by atoms with Crippen LogP contribution in [0.25, 0.3) is 0 Å². The molecule has 19 heavy (non-hydrogen) atoms. The maximum absolute atomic E-state index is 11.9. The molecule has 3 aliphatic rings. The van der Waals surface area contributed by atoms with Crippen LogP contribution in [-0.2, 0) is 4.79 Å². The van der Waals surface area contributed by atoms with Crippen molar-refractivity contribution in [2.24, 2.45) is 5.41 Å². The van der Waals surface area contributed by atoms with Gasteiger partial charge in [0.1, 0.15) is 0 Å². The van der Waals surface area contributed by atoms with Gasteiger partial charge >= 0.3 is 0 Å². The molecule has 0 aromatic carbocycles. The lowest BCUT2D eigenvalue weighted by Crippen LogP contribution is -2.18. The molecule has 0 aromatic heterocycles. The first-order chi connectivity index (χ1) is 8.95. The number of carbonyl (C=O) groups excluding carboxylic acids is 1. The first kappa shape index (κ1) is 12.0. The van der Waals surface area contributed by atoms with E-state index >= 15 is 0 Å². The van der Waals surface area contributed by atoms with Crippen LogP contribution >= 0.6 is 0 Å². The van der Waals surface area contributed by atoms with Crippen molar-refractivity contribution in [3.63, 3.8) is 0 Å². The topological polar surface area (TPSA) is 17.1 Å². The molecule has 94 valence electrons. The van der Waals surface area contributed by atoms with Gasteiger partial charge in [-0.15, -0.1) is 5.73 Å². The zero-order valence-electron chi connectivity index (χ0n) is 11.4. The van der Waals surface area contributed by atoms with Crippen molar-refractivity contribution in [2.75, 3.05) is 0 Å². The fourth-order valence-corrected chi connectivity index (χ4v) is 2.45. The number of hydrogen-bond donors (Lipinski definition) is 0. The fourth-order valence-electron chi connectivity index (χ4n) is 2.45. The molecule has 0 radical (unpaired) electrons. The zero-order chi connectivity index (χ0) is 13.6. The Morgan fingerprint density at radius 2 is 1.58 bits per heavy atom. The molecule has 0 aliphatic heterocycles. The summed E-state index contributed by atoms with van der Waals surface area (Å²) in [7, 11) is 0. The quantitative estimate of drug-likeness (QED) is 0.592. The lowest BCUT2D eigenvalue weighted by atomic mass is 9.80. The molecular weight excluding hydrogens is 232 g/mol. The van der Waals surface area contributed by atoms with Crippen LogP contribution in [-0.4, -0.2) is 5.78 Å². The van der Waals surface area contributed by atoms with E-state index in [1.54, 1.807) is 6.08 Å². The molecule has 2 bridgehead atoms. The maximum Gasteiger partial charge on any atom is 0.182 e. The first-order valence-corrected chi connectivity index (χ1v) is 6.51. The largest absolute Gasteiger partial charge is 0.290 e. The van der Waals surface area contributed by atoms with E-state index < -0.39 is 0 Å². The Kier molecular flexibility index (Phi) is 2.48. The van der Waals surface area contributed by atoms with Crippen molar-refractivity contribution in [3.05, 3.63) is 76.1 Å². The van der Waals surface area contributed by atoms with Crippen LogP contribution in [0.15, 0.2) is 76.1 Å². The van der Waals surface area contributed by atoms with Gasteiger partial charge in [-0.1, -0.05) is 45.1 Å². The highest BCUT2D eigenvalue weighted by atomic mass is 16.1. The summed E-state index contributed by atoms with van der Waals surface area (Å²) in [5.74, 6) is 0.106. The van der Waals surface area contributed by atoms with Crippen molar-refractivity contribution < 1.29 is 4.79 Å². The highest BCUT2D eigenvalue weighted by Crippen LogP contribution is 2.35. The number of carbonyl (C=O) groups is 1. The van der Waals surface area contributed by atoms with Crippen molar-refractivity contribution in [1.82, 2.24) is 0 Å². The van der Waals surface area contributed by atoms with Crippen LogP contribution in [0.4, 0.5) is 0 Å². The lowest BCUT2D eigenvalue weighted by molar-refractivity contribution is -0.112. The Bertz CT molecular complexity index is 664. The summed E-state index contributed by atoms with van der Waals surface area (Å²) in [6.45, 7) is 6.19. The highest BCUT2D eigenvalue weighted by molar-refractivity contribution is 6.06. The third-order valence-electron chi connectivity index (χ3n) is 3.52. The standard InChI is InChI=1S/C18H16O/c1-18(2,3)16-11-12(4-9-17(16)19)10-15-13-5-6-14(15)8-7-13/h4-9,11H,1-3H3. The minimum Gasteiger partial charge on any atom is -0.290 e. The van der Waals surface area contributed by atoms with E-state index in [0.29, 0.717) is 0 Å². The summed E-state index contributed by atoms with van der Waals surface area (Å²) >= 11 is 0. The van der Waals surface area contributed by atoms with E-state index in [2.05, 4.69) is 50.8 Å². The van der Waals surface area contributed by atoms with Gasteiger partial charge in [0.15, 0.2) is 5.78 Å². The fraction of sp³-hybridized carbons (Fsp3) is 0.222. The SMILES string of the molecule is CC(C)(C)C1=CC(=C=C2C3=CC=C2C=C3)C=CC1=O. The molecule has 0 heterocycles. The third kappa shape index (κ3) is 2.03. The molecule has 0 unspecified atom stereocenters. The smallest absolute Gasteiger partial charge is 0.182 e. The maximum atomic E-state index is 11.9. The van der Waals surface area contributed by atoms with Gasteiger partial charge < -0.3 is 0 Å². The Hall–Kier alpha value is -2.11. The van der Waals surface area contributed by atoms with Crippen molar-refractivity contribution in [3.8, 4) is 0 Å². The number of rotatable bonds is 0. The summed E-state index contributed by atoms with van der Waals surface area (Å²) in [5.41, 5.74) is 8.66. The molecule has 0 aromatic rings. The van der Waals surface area contributed by atoms with Gasteiger partial charge in [0.05, 0.1) is 0 Å². The summed E-state index contributed by atoms with van der Waals surface area (Å²) in [6.07, 6.45) is 13.9. The minimum absolute atomic E-state index is 0.106. The van der Waals surface area contributed by atoms with Gasteiger partial charge in [-0.25, -0.2) is 0 Å². The minimum atomic E-state index is -0.134. The third-order valence-corrected chi connectivity index (χ3v) is 3.52. The number of hydrogen-bond acceptors (Lipinski definition) is 1. The number of allylic oxidation sites excluding steroid dienone is 11. The van der Waals surface area contributed by atoms with Crippen molar-refractivity contribution in [2.45, 2.75) is 20.8 Å². The van der Waals surface area contributed by atoms with Crippen LogP contribution in [0.3, 0.4) is 0 Å². The molecule has 0 saturated carbocycles. The van der Waals surface area contributed by atoms with Crippen LogP contribution in [0.2, 0.25) is 0 Å². The molecular formula is C18H16O. The predicted molar refractivity (Wildman–Crippen MR) is 77.5 cm³/mol. The lowest BCUT2D eigenvalue weighted by Gasteiger charge is -2.22. The van der Waals surface area contributed by atoms with E-state index in [-0.39, 0.29) is 11.2 Å². The summed E-state index contributed by atoms with van der Waals surface area (Å²) in [6, 6.07) is 0. The van der Waals surface area contributed by atoms with E-state index in [4.69, 9.17) is 0 Å². The normalized spacial score (nSPS) is 20.6. The van der Waals surface area contributed by atoms with Gasteiger partial charge in [0.2, 0.25) is 0 Å². The Morgan fingerprint density at radius 3 is 2.11 bits per heavy atom. The van der Waals surface area contributed by atoms with Gasteiger partial charge in [-0.3, -0.25) is 4.79 Å². The van der Waals surface area contributed by atoms with E-state index in [0.717, 1.165) is 16.7 Å². The second kappa shape index (κ2) is 3.94. The van der Waals surface area contributed by atoms with Gasteiger partial charge in [0.25, 0.3) is 0 Å². The number of ketones is 1. The second-order valence-electron chi connectivity index (χ2n) is 6.04. The summed E-state index contributed by atoms with van der Waals surface area (Å²) in [5, 5.41) is 0. The average Bonchev–Trinajstić information content (AvgIpc) is 2.90. The Morgan fingerprint density at radius 1 is 0.947 bits per heavy atom. The van der Waals surface area contributed by atoms with Gasteiger partial charge in [0, 0.05) is 16.7 Å². The van der Waals surface area contributed by atoms with Crippen LogP contribution in [0.5, 0.6) is 0 Å². The molecule has 0 fully saturated rings. The highest BCUT2D eigenvalue weighted by Gasteiger charge is 2.24. The molecule has 0 amide bonds. The first-order valence-electron chi connectivity index (χ1n) is 6.51. The van der Waals surface area contributed by atoms with Crippen LogP contribution in [0.1, 0.15) is 20.8 Å². The summed E-state index contributed by atoms with van der Waals surface area (Å²) in [4.78, 5) is 11.9. The molecule has 3 rings (SSSR count). The van der Waals surface area contributed by atoms with Gasteiger partial charge in [-0.2, -0.15) is 0 Å². The Labute approximate surface area is 113 Å². The Balaban J connectivity index is 2.09. The van der Waals surface area contributed by atoms with Crippen molar-refractivity contribution in [1.29, 1.82) is 0 Å². The van der Waals surface area contributed by atoms with E-state index in [1.165, 1.54) is 11.1 Å². The molecule has 1 heteroatoms. The average molecular weight is 248 g/mol. The van der Waals surface area contributed by atoms with E-state index in [1.807, 2.05) is 12.2 Å². The van der Waals surface area contributed by atoms with Gasteiger partial charge in [-0.05, 0) is 34.8 Å². The molecule has 1 nitrogen and oxygen atoms in total. The monoisotopic (exact) mass is 248 g/mol.